The highest BCUT2D eigenvalue weighted by atomic mass is 16.5. The van der Waals surface area contributed by atoms with Crippen LogP contribution in [0.4, 0.5) is 0 Å². The van der Waals surface area contributed by atoms with Crippen LogP contribution in [0.3, 0.4) is 0 Å². The van der Waals surface area contributed by atoms with Crippen molar-refractivity contribution < 1.29 is 14.3 Å². The first kappa shape index (κ1) is 12.7. The molecule has 1 amide bonds. The highest BCUT2D eigenvalue weighted by molar-refractivity contribution is 5.80. The van der Waals surface area contributed by atoms with E-state index in [2.05, 4.69) is 0 Å². The highest BCUT2D eigenvalue weighted by Gasteiger charge is 2.31. The minimum atomic E-state index is 0.244. The molecule has 0 unspecified atom stereocenters. The summed E-state index contributed by atoms with van der Waals surface area (Å²) in [5, 5.41) is 0. The van der Waals surface area contributed by atoms with E-state index in [0.29, 0.717) is 13.2 Å². The molecule has 0 aliphatic heterocycles. The monoisotopic (exact) mass is 249 g/mol. The van der Waals surface area contributed by atoms with Gasteiger partial charge in [-0.3, -0.25) is 4.79 Å². The van der Waals surface area contributed by atoms with Gasteiger partial charge in [0, 0.05) is 13.0 Å². The predicted octanol–water partition coefficient (Wildman–Crippen LogP) is 1.94. The topological polar surface area (TPSA) is 38.8 Å². The number of ether oxygens (including phenoxy) is 2. The van der Waals surface area contributed by atoms with Crippen molar-refractivity contribution >= 4 is 5.91 Å². The third-order valence-electron chi connectivity index (χ3n) is 3.06. The summed E-state index contributed by atoms with van der Waals surface area (Å²) in [4.78, 5) is 13.4. The molecule has 1 saturated carbocycles. The summed E-state index contributed by atoms with van der Waals surface area (Å²) in [7, 11) is 3.46. The molecule has 1 aliphatic rings. The van der Waals surface area contributed by atoms with Crippen LogP contribution < -0.4 is 9.47 Å². The van der Waals surface area contributed by atoms with E-state index in [1.807, 2.05) is 31.3 Å². The van der Waals surface area contributed by atoms with Crippen LogP contribution in [0.1, 0.15) is 12.8 Å². The normalized spacial score (nSPS) is 14.1. The fourth-order valence-corrected chi connectivity index (χ4v) is 1.72. The summed E-state index contributed by atoms with van der Waals surface area (Å²) in [6.45, 7) is 1.14. The molecule has 1 aliphatic carbocycles. The second-order valence-electron chi connectivity index (χ2n) is 4.56. The Hall–Kier alpha value is -1.71. The van der Waals surface area contributed by atoms with Gasteiger partial charge in [-0.25, -0.2) is 0 Å². The number of benzene rings is 1. The lowest BCUT2D eigenvalue weighted by Gasteiger charge is -2.17. The molecule has 0 N–H and O–H groups in total. The van der Waals surface area contributed by atoms with Gasteiger partial charge in [-0.15, -0.1) is 0 Å². The fraction of sp³-hybridized carbons (Fsp3) is 0.500. The van der Waals surface area contributed by atoms with Crippen LogP contribution in [0.2, 0.25) is 0 Å². The second-order valence-corrected chi connectivity index (χ2v) is 4.56. The molecule has 0 atom stereocenters. The van der Waals surface area contributed by atoms with Crippen molar-refractivity contribution in [1.29, 1.82) is 0 Å². The number of amides is 1. The van der Waals surface area contributed by atoms with Crippen molar-refractivity contribution in [2.45, 2.75) is 12.8 Å². The molecule has 4 nitrogen and oxygen atoms in total. The van der Waals surface area contributed by atoms with Gasteiger partial charge in [0.05, 0.1) is 13.7 Å². The zero-order valence-electron chi connectivity index (χ0n) is 10.9. The average molecular weight is 249 g/mol. The Balaban J connectivity index is 1.72. The molecule has 0 aromatic heterocycles. The first-order valence-corrected chi connectivity index (χ1v) is 6.22. The minimum Gasteiger partial charge on any atom is -0.497 e. The Bertz CT molecular complexity index is 398. The number of carbonyl (C=O) groups excluding carboxylic acids is 1. The molecule has 0 heterocycles. The Labute approximate surface area is 107 Å². The van der Waals surface area contributed by atoms with Crippen LogP contribution in [0.25, 0.3) is 0 Å². The summed E-state index contributed by atoms with van der Waals surface area (Å²) in [5.41, 5.74) is 0. The fourth-order valence-electron chi connectivity index (χ4n) is 1.72. The van der Waals surface area contributed by atoms with Crippen molar-refractivity contribution in [2.75, 3.05) is 27.3 Å². The van der Waals surface area contributed by atoms with E-state index in [4.69, 9.17) is 9.47 Å². The maximum absolute atomic E-state index is 11.7. The van der Waals surface area contributed by atoms with Gasteiger partial charge in [0.25, 0.3) is 0 Å². The van der Waals surface area contributed by atoms with Gasteiger partial charge in [0.15, 0.2) is 0 Å². The maximum atomic E-state index is 11.7. The number of rotatable bonds is 6. The summed E-state index contributed by atoms with van der Waals surface area (Å²) in [5.74, 6) is 2.12. The number of hydrogen-bond acceptors (Lipinski definition) is 3. The Morgan fingerprint density at radius 2 is 1.89 bits per heavy atom. The number of methoxy groups -OCH3 is 1. The summed E-state index contributed by atoms with van der Waals surface area (Å²) in [6.07, 6.45) is 2.09. The summed E-state index contributed by atoms with van der Waals surface area (Å²) in [6, 6.07) is 7.44. The zero-order valence-corrected chi connectivity index (χ0v) is 10.9. The van der Waals surface area contributed by atoms with Crippen LogP contribution in [0.5, 0.6) is 11.5 Å². The molecule has 1 fully saturated rings. The van der Waals surface area contributed by atoms with Crippen LogP contribution in [-0.4, -0.2) is 38.1 Å². The molecule has 0 saturated heterocycles. The predicted molar refractivity (Wildman–Crippen MR) is 68.9 cm³/mol. The lowest BCUT2D eigenvalue weighted by molar-refractivity contribution is -0.131. The van der Waals surface area contributed by atoms with E-state index in [1.165, 1.54) is 0 Å². The standard InChI is InChI=1S/C14H19NO3/c1-15(14(16)11-3-4-11)9-10-18-13-7-5-12(17-2)6-8-13/h5-8,11H,3-4,9-10H2,1-2H3. The van der Waals surface area contributed by atoms with Crippen molar-refractivity contribution in [3.63, 3.8) is 0 Å². The molecular formula is C14H19NO3. The van der Waals surface area contributed by atoms with Crippen LogP contribution in [0.15, 0.2) is 24.3 Å². The average Bonchev–Trinajstić information content (AvgIpc) is 3.23. The first-order chi connectivity index (χ1) is 8.70. The molecule has 0 radical (unpaired) electrons. The third kappa shape index (κ3) is 3.39. The van der Waals surface area contributed by atoms with Gasteiger partial charge in [-0.2, -0.15) is 0 Å². The molecule has 18 heavy (non-hydrogen) atoms. The number of nitrogens with zero attached hydrogens (tertiary/aromatic N) is 1. The second kappa shape index (κ2) is 5.76. The summed E-state index contributed by atoms with van der Waals surface area (Å²) >= 11 is 0. The van der Waals surface area contributed by atoms with E-state index in [9.17, 15) is 4.79 Å². The molecular weight excluding hydrogens is 230 g/mol. The van der Waals surface area contributed by atoms with E-state index >= 15 is 0 Å². The van der Waals surface area contributed by atoms with Gasteiger partial charge in [0.2, 0.25) is 5.91 Å². The number of hydrogen-bond donors (Lipinski definition) is 0. The molecule has 1 aromatic rings. The largest absolute Gasteiger partial charge is 0.497 e. The Morgan fingerprint density at radius 3 is 2.44 bits per heavy atom. The van der Waals surface area contributed by atoms with E-state index < -0.39 is 0 Å². The number of carbonyl (C=O) groups is 1. The quantitative estimate of drug-likeness (QED) is 0.773. The van der Waals surface area contributed by atoms with E-state index in [-0.39, 0.29) is 11.8 Å². The highest BCUT2D eigenvalue weighted by Crippen LogP contribution is 2.30. The first-order valence-electron chi connectivity index (χ1n) is 6.22. The Morgan fingerprint density at radius 1 is 1.28 bits per heavy atom. The zero-order chi connectivity index (χ0) is 13.0. The lowest BCUT2D eigenvalue weighted by atomic mass is 10.3. The van der Waals surface area contributed by atoms with Crippen LogP contribution >= 0.6 is 0 Å². The molecule has 98 valence electrons. The van der Waals surface area contributed by atoms with Crippen molar-refractivity contribution in [3.05, 3.63) is 24.3 Å². The van der Waals surface area contributed by atoms with Crippen molar-refractivity contribution in [1.82, 2.24) is 4.90 Å². The van der Waals surface area contributed by atoms with E-state index in [0.717, 1.165) is 24.3 Å². The Kier molecular flexibility index (Phi) is 4.07. The van der Waals surface area contributed by atoms with Gasteiger partial charge in [-0.1, -0.05) is 0 Å². The van der Waals surface area contributed by atoms with Crippen molar-refractivity contribution in [3.8, 4) is 11.5 Å². The smallest absolute Gasteiger partial charge is 0.225 e. The molecule has 2 rings (SSSR count). The van der Waals surface area contributed by atoms with Gasteiger partial charge < -0.3 is 14.4 Å². The molecule has 0 bridgehead atoms. The van der Waals surface area contributed by atoms with Crippen LogP contribution in [0, 0.1) is 5.92 Å². The minimum absolute atomic E-state index is 0.244. The molecule has 0 spiro atoms. The molecule has 1 aromatic carbocycles. The number of likely N-dealkylation sites (N-methyl/N-ethyl adjacent to an activating group) is 1. The molecule has 4 heteroatoms. The van der Waals surface area contributed by atoms with Gasteiger partial charge >= 0.3 is 0 Å². The SMILES string of the molecule is COc1ccc(OCCN(C)C(=O)C2CC2)cc1. The third-order valence-corrected chi connectivity index (χ3v) is 3.06. The van der Waals surface area contributed by atoms with Gasteiger partial charge in [0.1, 0.15) is 18.1 Å². The maximum Gasteiger partial charge on any atom is 0.225 e. The van der Waals surface area contributed by atoms with E-state index in [1.54, 1.807) is 12.0 Å². The van der Waals surface area contributed by atoms with Crippen LogP contribution in [-0.2, 0) is 4.79 Å². The lowest BCUT2D eigenvalue weighted by Crippen LogP contribution is -2.31. The summed E-state index contributed by atoms with van der Waals surface area (Å²) < 4.78 is 10.6. The van der Waals surface area contributed by atoms with Gasteiger partial charge in [-0.05, 0) is 37.1 Å². The van der Waals surface area contributed by atoms with Crippen molar-refractivity contribution in [2.24, 2.45) is 5.92 Å².